The largest absolute Gasteiger partial charge is 0.422 e. The Hall–Kier alpha value is -2.74. The van der Waals surface area contributed by atoms with Crippen molar-refractivity contribution in [1.29, 1.82) is 0 Å². The van der Waals surface area contributed by atoms with Crippen molar-refractivity contribution in [1.82, 2.24) is 14.9 Å². The first-order chi connectivity index (χ1) is 13.0. The summed E-state index contributed by atoms with van der Waals surface area (Å²) in [6.45, 7) is 0.464. The molecule has 8 heteroatoms. The van der Waals surface area contributed by atoms with E-state index in [0.29, 0.717) is 16.9 Å². The molecule has 0 bridgehead atoms. The molecule has 1 fully saturated rings. The van der Waals surface area contributed by atoms with Crippen LogP contribution >= 0.6 is 15.9 Å². The molecule has 1 aromatic carbocycles. The molecule has 0 aliphatic heterocycles. The molecule has 1 aliphatic rings. The Balaban J connectivity index is 1.45. The Labute approximate surface area is 162 Å². The second kappa shape index (κ2) is 7.11. The highest BCUT2D eigenvalue weighted by atomic mass is 79.9. The minimum Gasteiger partial charge on any atom is -0.422 e. The van der Waals surface area contributed by atoms with Gasteiger partial charge < -0.3 is 9.73 Å². The third kappa shape index (κ3) is 3.85. The van der Waals surface area contributed by atoms with Crippen molar-refractivity contribution >= 4 is 32.8 Å². The van der Waals surface area contributed by atoms with E-state index in [1.54, 1.807) is 24.3 Å². The number of fused-ring (bicyclic) bond motifs is 1. The van der Waals surface area contributed by atoms with E-state index in [2.05, 4.69) is 26.2 Å². The number of rotatable bonds is 5. The Kier molecular flexibility index (Phi) is 4.65. The molecule has 2 heterocycles. The normalized spacial score (nSPS) is 13.7. The van der Waals surface area contributed by atoms with Crippen LogP contribution in [-0.4, -0.2) is 22.0 Å². The number of nitrogens with zero attached hydrogens (tertiary/aromatic N) is 2. The Morgan fingerprint density at radius 3 is 2.81 bits per heavy atom. The van der Waals surface area contributed by atoms with Crippen molar-refractivity contribution in [2.45, 2.75) is 25.3 Å². The average Bonchev–Trinajstić information content (AvgIpc) is 3.48. The van der Waals surface area contributed by atoms with Crippen LogP contribution in [0.15, 0.2) is 55.1 Å². The van der Waals surface area contributed by atoms with Crippen LogP contribution in [0, 0.1) is 0 Å². The van der Waals surface area contributed by atoms with Crippen LogP contribution in [0.5, 0.6) is 0 Å². The van der Waals surface area contributed by atoms with Gasteiger partial charge in [0.1, 0.15) is 11.1 Å². The van der Waals surface area contributed by atoms with E-state index in [-0.39, 0.29) is 24.2 Å². The fourth-order valence-corrected chi connectivity index (χ4v) is 3.23. The quantitative estimate of drug-likeness (QED) is 0.628. The zero-order valence-electron chi connectivity index (χ0n) is 14.3. The lowest BCUT2D eigenvalue weighted by molar-refractivity contribution is 0.0948. The molecule has 7 nitrogen and oxygen atoms in total. The van der Waals surface area contributed by atoms with Crippen molar-refractivity contribution in [3.8, 4) is 0 Å². The highest BCUT2D eigenvalue weighted by molar-refractivity contribution is 9.10. The van der Waals surface area contributed by atoms with Gasteiger partial charge in [0.25, 0.3) is 11.5 Å². The molecule has 2 aromatic heterocycles. The van der Waals surface area contributed by atoms with E-state index in [1.165, 1.54) is 17.0 Å². The minimum atomic E-state index is -0.699. The SMILES string of the molecule is O=C(NCCn1cnc(C2CC2)cc1=O)c1cc2cc(Br)ccc2oc1=O. The smallest absolute Gasteiger partial charge is 0.349 e. The molecule has 0 atom stereocenters. The lowest BCUT2D eigenvalue weighted by Gasteiger charge is -2.08. The number of halogens is 1. The molecule has 1 aliphatic carbocycles. The fourth-order valence-electron chi connectivity index (χ4n) is 2.85. The summed E-state index contributed by atoms with van der Waals surface area (Å²) in [6.07, 6.45) is 3.67. The topological polar surface area (TPSA) is 94.2 Å². The maximum absolute atomic E-state index is 12.3. The zero-order valence-corrected chi connectivity index (χ0v) is 15.9. The molecule has 0 saturated heterocycles. The molecule has 4 rings (SSSR count). The van der Waals surface area contributed by atoms with Crippen LogP contribution in [0.3, 0.4) is 0 Å². The lowest BCUT2D eigenvalue weighted by Crippen LogP contribution is -2.33. The summed E-state index contributed by atoms with van der Waals surface area (Å²) in [6, 6.07) is 8.23. The average molecular weight is 430 g/mol. The number of hydrogen-bond donors (Lipinski definition) is 1. The first-order valence-electron chi connectivity index (χ1n) is 8.59. The Bertz CT molecular complexity index is 1150. The second-order valence-electron chi connectivity index (χ2n) is 6.51. The standard InChI is InChI=1S/C19H16BrN3O4/c20-13-3-4-16-12(7-13)8-14(19(26)27-16)18(25)21-5-6-23-10-22-15(9-17(23)24)11-1-2-11/h3-4,7-11H,1-2,5-6H2,(H,21,25). The highest BCUT2D eigenvalue weighted by Gasteiger charge is 2.25. The highest BCUT2D eigenvalue weighted by Crippen LogP contribution is 2.38. The van der Waals surface area contributed by atoms with Gasteiger partial charge in [-0.2, -0.15) is 0 Å². The monoisotopic (exact) mass is 429 g/mol. The van der Waals surface area contributed by atoms with Crippen molar-refractivity contribution in [3.63, 3.8) is 0 Å². The second-order valence-corrected chi connectivity index (χ2v) is 7.42. The van der Waals surface area contributed by atoms with E-state index < -0.39 is 11.5 Å². The maximum Gasteiger partial charge on any atom is 0.349 e. The van der Waals surface area contributed by atoms with Gasteiger partial charge in [0.2, 0.25) is 0 Å². The van der Waals surface area contributed by atoms with Gasteiger partial charge in [0.05, 0.1) is 12.0 Å². The van der Waals surface area contributed by atoms with Crippen LogP contribution < -0.4 is 16.5 Å². The summed E-state index contributed by atoms with van der Waals surface area (Å²) in [7, 11) is 0. The van der Waals surface area contributed by atoms with Crippen LogP contribution in [-0.2, 0) is 6.54 Å². The van der Waals surface area contributed by atoms with Gasteiger partial charge in [-0.3, -0.25) is 14.2 Å². The molecule has 138 valence electrons. The summed E-state index contributed by atoms with van der Waals surface area (Å²) >= 11 is 3.35. The van der Waals surface area contributed by atoms with E-state index in [1.807, 2.05) is 0 Å². The van der Waals surface area contributed by atoms with Crippen molar-refractivity contribution in [2.75, 3.05) is 6.54 Å². The van der Waals surface area contributed by atoms with Crippen LogP contribution in [0.1, 0.15) is 34.8 Å². The number of carbonyl (C=O) groups excluding carboxylic acids is 1. The van der Waals surface area contributed by atoms with Crippen molar-refractivity contribution in [2.24, 2.45) is 0 Å². The van der Waals surface area contributed by atoms with Gasteiger partial charge in [-0.25, -0.2) is 9.78 Å². The number of carbonyl (C=O) groups is 1. The van der Waals surface area contributed by atoms with Gasteiger partial charge >= 0.3 is 5.63 Å². The van der Waals surface area contributed by atoms with Gasteiger partial charge in [0.15, 0.2) is 0 Å². The molecule has 0 radical (unpaired) electrons. The molecule has 1 saturated carbocycles. The molecule has 3 aromatic rings. The number of hydrogen-bond acceptors (Lipinski definition) is 5. The van der Waals surface area contributed by atoms with Gasteiger partial charge in [-0.1, -0.05) is 15.9 Å². The summed E-state index contributed by atoms with van der Waals surface area (Å²) in [4.78, 5) is 40.8. The van der Waals surface area contributed by atoms with E-state index in [4.69, 9.17) is 4.42 Å². The van der Waals surface area contributed by atoms with E-state index >= 15 is 0 Å². The van der Waals surface area contributed by atoms with Crippen molar-refractivity contribution in [3.05, 3.63) is 73.2 Å². The molecular formula is C19H16BrN3O4. The molecule has 0 unspecified atom stereocenters. The number of amides is 1. The van der Waals surface area contributed by atoms with Crippen LogP contribution in [0.25, 0.3) is 11.0 Å². The molecule has 0 spiro atoms. The fraction of sp³-hybridized carbons (Fsp3) is 0.263. The van der Waals surface area contributed by atoms with Gasteiger partial charge in [-0.05, 0) is 37.1 Å². The summed E-state index contributed by atoms with van der Waals surface area (Å²) in [5, 5.41) is 3.29. The van der Waals surface area contributed by atoms with Gasteiger partial charge in [0, 0.05) is 34.9 Å². The van der Waals surface area contributed by atoms with Gasteiger partial charge in [-0.15, -0.1) is 0 Å². The lowest BCUT2D eigenvalue weighted by atomic mass is 10.2. The molecule has 1 amide bonds. The Morgan fingerprint density at radius 1 is 1.26 bits per heavy atom. The van der Waals surface area contributed by atoms with E-state index in [0.717, 1.165) is 23.0 Å². The third-order valence-electron chi connectivity index (χ3n) is 4.47. The summed E-state index contributed by atoms with van der Waals surface area (Å²) < 4.78 is 7.44. The number of aromatic nitrogens is 2. The number of nitrogens with one attached hydrogen (secondary N) is 1. The predicted molar refractivity (Wildman–Crippen MR) is 103 cm³/mol. The number of benzene rings is 1. The maximum atomic E-state index is 12.3. The van der Waals surface area contributed by atoms with Crippen LogP contribution in [0.4, 0.5) is 0 Å². The zero-order chi connectivity index (χ0) is 19.0. The molecule has 27 heavy (non-hydrogen) atoms. The minimum absolute atomic E-state index is 0.0739. The predicted octanol–water partition coefficient (Wildman–Crippen LogP) is 2.42. The molecular weight excluding hydrogens is 414 g/mol. The first-order valence-corrected chi connectivity index (χ1v) is 9.38. The summed E-state index contributed by atoms with van der Waals surface area (Å²) in [5.41, 5.74) is 0.328. The van der Waals surface area contributed by atoms with Crippen molar-refractivity contribution < 1.29 is 9.21 Å². The third-order valence-corrected chi connectivity index (χ3v) is 4.97. The van der Waals surface area contributed by atoms with E-state index in [9.17, 15) is 14.4 Å². The summed E-state index contributed by atoms with van der Waals surface area (Å²) in [5.74, 6) is -0.125. The Morgan fingerprint density at radius 2 is 2.07 bits per heavy atom. The first kappa shape index (κ1) is 17.7. The molecule has 1 N–H and O–H groups in total. The van der Waals surface area contributed by atoms with Crippen LogP contribution in [0.2, 0.25) is 0 Å².